The molecule has 1 heterocycles. The van der Waals surface area contributed by atoms with Gasteiger partial charge in [-0.3, -0.25) is 0 Å². The van der Waals surface area contributed by atoms with Gasteiger partial charge >= 0.3 is 0 Å². The molecule has 19 heavy (non-hydrogen) atoms. The highest BCUT2D eigenvalue weighted by Crippen LogP contribution is 2.41. The number of hydrogen-bond acceptors (Lipinski definition) is 2. The van der Waals surface area contributed by atoms with Crippen LogP contribution >= 0.6 is 15.9 Å². The second-order valence-electron chi connectivity index (χ2n) is 6.09. The fraction of sp³-hybridized carbons (Fsp3) is 0.625. The maximum atomic E-state index is 5.96. The van der Waals surface area contributed by atoms with Crippen molar-refractivity contribution < 1.29 is 0 Å². The first-order chi connectivity index (χ1) is 9.16. The van der Waals surface area contributed by atoms with Gasteiger partial charge in [0.1, 0.15) is 0 Å². The molecule has 0 radical (unpaired) electrons. The number of nitrogens with two attached hydrogens (primary N) is 1. The second-order valence-corrected chi connectivity index (χ2v) is 6.95. The van der Waals surface area contributed by atoms with E-state index in [1.165, 1.54) is 54.4 Å². The Bertz CT molecular complexity index is 458. The summed E-state index contributed by atoms with van der Waals surface area (Å²) in [6, 6.07) is 7.50. The van der Waals surface area contributed by atoms with Gasteiger partial charge in [0.25, 0.3) is 0 Å². The van der Waals surface area contributed by atoms with E-state index in [2.05, 4.69) is 39.0 Å². The molecule has 2 fully saturated rings. The zero-order valence-corrected chi connectivity index (χ0v) is 13.2. The summed E-state index contributed by atoms with van der Waals surface area (Å²) in [5.41, 5.74) is 8.53. The largest absolute Gasteiger partial charge is 0.367 e. The standard InChI is InChI=1S/C16H23BrN2/c1-11(18)13-7-8-16(14(17)10-13)19-9-3-5-12-4-2-6-15(12)19/h7-8,10-12,15H,2-6,9,18H2,1H3/t11-,12?,15?/m1/s1. The molecule has 2 N–H and O–H groups in total. The average Bonchev–Trinajstić information content (AvgIpc) is 2.86. The lowest BCUT2D eigenvalue weighted by Crippen LogP contribution is -2.42. The number of fused-ring (bicyclic) bond motifs is 1. The number of rotatable bonds is 2. The van der Waals surface area contributed by atoms with Gasteiger partial charge in [0.05, 0.1) is 5.69 Å². The lowest BCUT2D eigenvalue weighted by Gasteiger charge is -2.40. The van der Waals surface area contributed by atoms with Gasteiger partial charge < -0.3 is 10.6 Å². The zero-order chi connectivity index (χ0) is 13.4. The van der Waals surface area contributed by atoms with E-state index in [0.717, 1.165) is 12.0 Å². The molecule has 1 aromatic carbocycles. The van der Waals surface area contributed by atoms with Gasteiger partial charge in [0.2, 0.25) is 0 Å². The zero-order valence-electron chi connectivity index (χ0n) is 11.6. The van der Waals surface area contributed by atoms with Crippen LogP contribution in [0.1, 0.15) is 50.6 Å². The summed E-state index contributed by atoms with van der Waals surface area (Å²) >= 11 is 3.75. The molecule has 104 valence electrons. The number of piperidine rings is 1. The Morgan fingerprint density at radius 2 is 2.05 bits per heavy atom. The van der Waals surface area contributed by atoms with Crippen molar-refractivity contribution >= 4 is 21.6 Å². The molecule has 1 saturated heterocycles. The summed E-state index contributed by atoms with van der Waals surface area (Å²) in [5.74, 6) is 0.925. The van der Waals surface area contributed by atoms with Crippen LogP contribution in [0.3, 0.4) is 0 Å². The molecule has 0 aromatic heterocycles. The lowest BCUT2D eigenvalue weighted by molar-refractivity contribution is 0.362. The fourth-order valence-electron chi connectivity index (χ4n) is 3.79. The van der Waals surface area contributed by atoms with E-state index in [1.54, 1.807) is 0 Å². The highest BCUT2D eigenvalue weighted by molar-refractivity contribution is 9.10. The van der Waals surface area contributed by atoms with Crippen LogP contribution in [-0.2, 0) is 0 Å². The van der Waals surface area contributed by atoms with E-state index in [9.17, 15) is 0 Å². The summed E-state index contributed by atoms with van der Waals surface area (Å²) in [5, 5.41) is 0. The molecule has 0 amide bonds. The molecule has 3 heteroatoms. The van der Waals surface area contributed by atoms with Gasteiger partial charge in [-0.2, -0.15) is 0 Å². The molecule has 3 rings (SSSR count). The average molecular weight is 323 g/mol. The van der Waals surface area contributed by atoms with Crippen molar-refractivity contribution in [3.63, 3.8) is 0 Å². The number of halogens is 1. The number of benzene rings is 1. The highest BCUT2D eigenvalue weighted by Gasteiger charge is 2.35. The number of anilines is 1. The molecular formula is C16H23BrN2. The van der Waals surface area contributed by atoms with E-state index in [1.807, 2.05) is 6.92 Å². The first-order valence-corrected chi connectivity index (χ1v) is 8.28. The summed E-state index contributed by atoms with van der Waals surface area (Å²) < 4.78 is 1.20. The van der Waals surface area contributed by atoms with Crippen molar-refractivity contribution in [3.8, 4) is 0 Å². The van der Waals surface area contributed by atoms with Gasteiger partial charge in [-0.25, -0.2) is 0 Å². The van der Waals surface area contributed by atoms with Crippen LogP contribution in [0.4, 0.5) is 5.69 Å². The normalized spacial score (nSPS) is 28.3. The molecule has 2 aliphatic rings. The van der Waals surface area contributed by atoms with Crippen molar-refractivity contribution in [2.24, 2.45) is 11.7 Å². The molecule has 0 spiro atoms. The van der Waals surface area contributed by atoms with E-state index < -0.39 is 0 Å². The molecular weight excluding hydrogens is 300 g/mol. The van der Waals surface area contributed by atoms with Crippen molar-refractivity contribution in [3.05, 3.63) is 28.2 Å². The third-order valence-electron chi connectivity index (χ3n) is 4.80. The Kier molecular flexibility index (Phi) is 3.86. The van der Waals surface area contributed by atoms with E-state index in [0.29, 0.717) is 0 Å². The predicted octanol–water partition coefficient (Wildman–Crippen LogP) is 4.24. The molecule has 3 atom stereocenters. The molecule has 2 unspecified atom stereocenters. The van der Waals surface area contributed by atoms with Crippen LogP contribution < -0.4 is 10.6 Å². The molecule has 1 aromatic rings. The molecule has 1 aliphatic heterocycles. The quantitative estimate of drug-likeness (QED) is 0.882. The maximum Gasteiger partial charge on any atom is 0.0513 e. The van der Waals surface area contributed by atoms with Gasteiger partial charge in [0.15, 0.2) is 0 Å². The van der Waals surface area contributed by atoms with E-state index in [-0.39, 0.29) is 6.04 Å². The van der Waals surface area contributed by atoms with Crippen LogP contribution in [0.15, 0.2) is 22.7 Å². The van der Waals surface area contributed by atoms with Gasteiger partial charge in [-0.05, 0) is 72.2 Å². The topological polar surface area (TPSA) is 29.3 Å². The summed E-state index contributed by atoms with van der Waals surface area (Å²) in [6.07, 6.45) is 6.96. The van der Waals surface area contributed by atoms with Gasteiger partial charge in [-0.15, -0.1) is 0 Å². The van der Waals surface area contributed by atoms with E-state index >= 15 is 0 Å². The van der Waals surface area contributed by atoms with Crippen LogP contribution in [0, 0.1) is 5.92 Å². The van der Waals surface area contributed by atoms with Crippen molar-refractivity contribution in [2.45, 2.75) is 51.1 Å². The van der Waals surface area contributed by atoms with Gasteiger partial charge in [-0.1, -0.05) is 12.5 Å². The Balaban J connectivity index is 1.88. The Labute approximate surface area is 124 Å². The summed E-state index contributed by atoms with van der Waals surface area (Å²) in [4.78, 5) is 2.64. The Morgan fingerprint density at radius 1 is 1.26 bits per heavy atom. The SMILES string of the molecule is C[C@@H](N)c1ccc(N2CCCC3CCCC32)c(Br)c1. The first-order valence-electron chi connectivity index (χ1n) is 7.48. The Hall–Kier alpha value is -0.540. The monoisotopic (exact) mass is 322 g/mol. The number of nitrogens with zero attached hydrogens (tertiary/aromatic N) is 1. The van der Waals surface area contributed by atoms with E-state index in [4.69, 9.17) is 5.73 Å². The van der Waals surface area contributed by atoms with Crippen LogP contribution in [0.25, 0.3) is 0 Å². The van der Waals surface area contributed by atoms with Crippen molar-refractivity contribution in [1.29, 1.82) is 0 Å². The fourth-order valence-corrected chi connectivity index (χ4v) is 4.42. The molecule has 2 nitrogen and oxygen atoms in total. The summed E-state index contributed by atoms with van der Waals surface area (Å²) in [7, 11) is 0. The van der Waals surface area contributed by atoms with Crippen LogP contribution in [0.2, 0.25) is 0 Å². The minimum absolute atomic E-state index is 0.103. The second kappa shape index (κ2) is 5.45. The molecule has 1 aliphatic carbocycles. The predicted molar refractivity (Wildman–Crippen MR) is 84.5 cm³/mol. The van der Waals surface area contributed by atoms with Crippen molar-refractivity contribution in [1.82, 2.24) is 0 Å². The Morgan fingerprint density at radius 3 is 2.79 bits per heavy atom. The molecule has 0 bridgehead atoms. The minimum atomic E-state index is 0.103. The van der Waals surface area contributed by atoms with Crippen LogP contribution in [-0.4, -0.2) is 12.6 Å². The highest BCUT2D eigenvalue weighted by atomic mass is 79.9. The number of hydrogen-bond donors (Lipinski definition) is 1. The minimum Gasteiger partial charge on any atom is -0.367 e. The lowest BCUT2D eigenvalue weighted by atomic mass is 9.91. The van der Waals surface area contributed by atoms with Crippen LogP contribution in [0.5, 0.6) is 0 Å². The van der Waals surface area contributed by atoms with Crippen molar-refractivity contribution in [2.75, 3.05) is 11.4 Å². The first kappa shape index (κ1) is 13.4. The van der Waals surface area contributed by atoms with Gasteiger partial charge in [0, 0.05) is 23.1 Å². The molecule has 1 saturated carbocycles. The smallest absolute Gasteiger partial charge is 0.0513 e. The summed E-state index contributed by atoms with van der Waals surface area (Å²) in [6.45, 7) is 3.24. The third kappa shape index (κ3) is 2.55. The maximum absolute atomic E-state index is 5.96. The third-order valence-corrected chi connectivity index (χ3v) is 5.44.